The maximum absolute atomic E-state index is 12.0. The van der Waals surface area contributed by atoms with E-state index in [1.54, 1.807) is 49.6 Å². The molecule has 0 atom stereocenters. The molecule has 0 spiro atoms. The normalized spacial score (nSPS) is 10.2. The minimum absolute atomic E-state index is 0.163. The molecule has 0 saturated heterocycles. The first-order valence-electron chi connectivity index (χ1n) is 7.92. The highest BCUT2D eigenvalue weighted by molar-refractivity contribution is 7.12. The van der Waals surface area contributed by atoms with Crippen LogP contribution in [0.4, 0.5) is 5.69 Å². The van der Waals surface area contributed by atoms with Crippen LogP contribution in [-0.2, 0) is 11.2 Å². The van der Waals surface area contributed by atoms with Crippen molar-refractivity contribution in [1.82, 2.24) is 0 Å². The number of anilines is 1. The summed E-state index contributed by atoms with van der Waals surface area (Å²) in [7, 11) is 1.59. The van der Waals surface area contributed by atoms with Crippen LogP contribution in [0.15, 0.2) is 66.0 Å². The lowest BCUT2D eigenvalue weighted by molar-refractivity contribution is -0.133. The number of nitrogens with one attached hydrogen (secondary N) is 1. The first-order valence-corrected chi connectivity index (χ1v) is 8.80. The lowest BCUT2D eigenvalue weighted by atomic mass is 10.1. The summed E-state index contributed by atoms with van der Waals surface area (Å²) < 4.78 is 10.4. The topological polar surface area (TPSA) is 64.6 Å². The number of carbonyl (C=O) groups is 2. The molecule has 0 saturated carbocycles. The van der Waals surface area contributed by atoms with E-state index in [9.17, 15) is 9.59 Å². The molecule has 0 bridgehead atoms. The molecule has 3 aromatic rings. The summed E-state index contributed by atoms with van der Waals surface area (Å²) in [6, 6.07) is 17.5. The molecular formula is C20H17NO4S. The highest BCUT2D eigenvalue weighted by atomic mass is 32.1. The van der Waals surface area contributed by atoms with E-state index < -0.39 is 0 Å². The summed E-state index contributed by atoms with van der Waals surface area (Å²) >= 11 is 1.38. The quantitative estimate of drug-likeness (QED) is 0.525. The summed E-state index contributed by atoms with van der Waals surface area (Å²) in [5.41, 5.74) is 1.48. The Morgan fingerprint density at radius 1 is 0.962 bits per heavy atom. The predicted molar refractivity (Wildman–Crippen MR) is 101 cm³/mol. The summed E-state index contributed by atoms with van der Waals surface area (Å²) in [5.74, 6) is 0.648. The van der Waals surface area contributed by atoms with E-state index in [1.165, 1.54) is 11.3 Å². The van der Waals surface area contributed by atoms with Gasteiger partial charge in [0.05, 0.1) is 18.4 Å². The average Bonchev–Trinajstić information content (AvgIpc) is 3.19. The van der Waals surface area contributed by atoms with E-state index in [0.29, 0.717) is 16.3 Å². The Balaban J connectivity index is 1.54. The van der Waals surface area contributed by atoms with E-state index in [0.717, 1.165) is 11.3 Å². The van der Waals surface area contributed by atoms with Crippen molar-refractivity contribution in [3.05, 3.63) is 76.5 Å². The molecule has 26 heavy (non-hydrogen) atoms. The SMILES string of the molecule is COc1ccc(CC(=O)Oc2ccc(NC(=O)c3cccs3)cc2)cc1. The number of amides is 1. The van der Waals surface area contributed by atoms with Crippen molar-refractivity contribution in [2.45, 2.75) is 6.42 Å². The second kappa shape index (κ2) is 8.31. The molecule has 0 aliphatic heterocycles. The molecule has 1 aromatic heterocycles. The molecule has 0 fully saturated rings. The number of esters is 1. The van der Waals surface area contributed by atoms with Gasteiger partial charge in [0.15, 0.2) is 0 Å². The lowest BCUT2D eigenvalue weighted by Gasteiger charge is -2.07. The van der Waals surface area contributed by atoms with Gasteiger partial charge in [0, 0.05) is 5.69 Å². The van der Waals surface area contributed by atoms with Crippen molar-refractivity contribution in [3.63, 3.8) is 0 Å². The van der Waals surface area contributed by atoms with Crippen molar-refractivity contribution in [1.29, 1.82) is 0 Å². The van der Waals surface area contributed by atoms with Crippen LogP contribution in [0.3, 0.4) is 0 Å². The highest BCUT2D eigenvalue weighted by Crippen LogP contribution is 2.19. The van der Waals surface area contributed by atoms with Crippen LogP contribution in [0, 0.1) is 0 Å². The van der Waals surface area contributed by atoms with Crippen LogP contribution in [-0.4, -0.2) is 19.0 Å². The summed E-state index contributed by atoms with van der Waals surface area (Å²) in [5, 5.41) is 4.64. The Bertz CT molecular complexity index is 871. The van der Waals surface area contributed by atoms with Gasteiger partial charge in [0.1, 0.15) is 11.5 Å². The fourth-order valence-electron chi connectivity index (χ4n) is 2.28. The first kappa shape index (κ1) is 17.7. The minimum Gasteiger partial charge on any atom is -0.497 e. The average molecular weight is 367 g/mol. The van der Waals surface area contributed by atoms with E-state index in [2.05, 4.69) is 5.32 Å². The molecule has 0 aliphatic rings. The fourth-order valence-corrected chi connectivity index (χ4v) is 2.90. The summed E-state index contributed by atoms with van der Waals surface area (Å²) in [6.07, 6.45) is 0.168. The zero-order chi connectivity index (χ0) is 18.4. The van der Waals surface area contributed by atoms with E-state index >= 15 is 0 Å². The third-order valence-electron chi connectivity index (χ3n) is 3.60. The van der Waals surface area contributed by atoms with Crippen molar-refractivity contribution in [2.75, 3.05) is 12.4 Å². The third kappa shape index (κ3) is 4.70. The van der Waals surface area contributed by atoms with Gasteiger partial charge in [0.25, 0.3) is 5.91 Å². The Morgan fingerprint density at radius 2 is 1.65 bits per heavy atom. The standard InChI is InChI=1S/C20H17NO4S/c1-24-16-8-4-14(5-9-16)13-19(22)25-17-10-6-15(7-11-17)21-20(23)18-3-2-12-26-18/h2-12H,13H2,1H3,(H,21,23). The van der Waals surface area contributed by atoms with Crippen molar-refractivity contribution in [2.24, 2.45) is 0 Å². The van der Waals surface area contributed by atoms with Crippen LogP contribution in [0.25, 0.3) is 0 Å². The van der Waals surface area contributed by atoms with Crippen molar-refractivity contribution < 1.29 is 19.1 Å². The number of hydrogen-bond donors (Lipinski definition) is 1. The first-order chi connectivity index (χ1) is 12.6. The number of carbonyl (C=O) groups excluding carboxylic acids is 2. The highest BCUT2D eigenvalue weighted by Gasteiger charge is 2.09. The van der Waals surface area contributed by atoms with Gasteiger partial charge in [-0.05, 0) is 53.4 Å². The van der Waals surface area contributed by atoms with Gasteiger partial charge in [-0.2, -0.15) is 0 Å². The summed E-state index contributed by atoms with van der Waals surface area (Å²) in [6.45, 7) is 0. The second-order valence-corrected chi connectivity index (χ2v) is 6.40. The van der Waals surface area contributed by atoms with Crippen LogP contribution in [0.1, 0.15) is 15.2 Å². The zero-order valence-electron chi connectivity index (χ0n) is 14.1. The molecule has 1 amide bonds. The van der Waals surface area contributed by atoms with Crippen molar-refractivity contribution >= 4 is 28.9 Å². The predicted octanol–water partition coefficient (Wildman–Crippen LogP) is 4.16. The molecule has 0 radical (unpaired) electrons. The van der Waals surface area contributed by atoms with Crippen LogP contribution >= 0.6 is 11.3 Å². The Kier molecular flexibility index (Phi) is 5.66. The number of rotatable bonds is 6. The lowest BCUT2D eigenvalue weighted by Crippen LogP contribution is -2.12. The number of benzene rings is 2. The van der Waals surface area contributed by atoms with E-state index in [1.807, 2.05) is 23.6 Å². The van der Waals surface area contributed by atoms with E-state index in [4.69, 9.17) is 9.47 Å². The maximum atomic E-state index is 12.0. The minimum atomic E-state index is -0.356. The Labute approximate surface area is 155 Å². The number of hydrogen-bond acceptors (Lipinski definition) is 5. The van der Waals surface area contributed by atoms with Gasteiger partial charge < -0.3 is 14.8 Å². The second-order valence-electron chi connectivity index (χ2n) is 5.45. The van der Waals surface area contributed by atoms with Gasteiger partial charge in [-0.25, -0.2) is 0 Å². The molecule has 3 rings (SSSR count). The van der Waals surface area contributed by atoms with Crippen LogP contribution < -0.4 is 14.8 Å². The molecule has 2 aromatic carbocycles. The van der Waals surface area contributed by atoms with Gasteiger partial charge in [-0.1, -0.05) is 18.2 Å². The van der Waals surface area contributed by atoms with Gasteiger partial charge in [-0.15, -0.1) is 11.3 Å². The Hall–Kier alpha value is -3.12. The monoisotopic (exact) mass is 367 g/mol. The molecule has 6 heteroatoms. The number of thiophene rings is 1. The molecule has 0 unspecified atom stereocenters. The van der Waals surface area contributed by atoms with E-state index in [-0.39, 0.29) is 18.3 Å². The smallest absolute Gasteiger partial charge is 0.315 e. The number of ether oxygens (including phenoxy) is 2. The molecule has 0 aliphatic carbocycles. The summed E-state index contributed by atoms with van der Waals surface area (Å²) in [4.78, 5) is 24.7. The van der Waals surface area contributed by atoms with Gasteiger partial charge >= 0.3 is 5.97 Å². The van der Waals surface area contributed by atoms with Crippen LogP contribution in [0.2, 0.25) is 0 Å². The molecule has 132 valence electrons. The van der Waals surface area contributed by atoms with Gasteiger partial charge in [-0.3, -0.25) is 9.59 Å². The molecule has 1 heterocycles. The van der Waals surface area contributed by atoms with Crippen LogP contribution in [0.5, 0.6) is 11.5 Å². The fraction of sp³-hybridized carbons (Fsp3) is 0.100. The molecule has 1 N–H and O–H groups in total. The Morgan fingerprint density at radius 3 is 2.27 bits per heavy atom. The van der Waals surface area contributed by atoms with Crippen molar-refractivity contribution in [3.8, 4) is 11.5 Å². The number of methoxy groups -OCH3 is 1. The largest absolute Gasteiger partial charge is 0.497 e. The van der Waals surface area contributed by atoms with Gasteiger partial charge in [0.2, 0.25) is 0 Å². The third-order valence-corrected chi connectivity index (χ3v) is 4.46. The molecule has 5 nitrogen and oxygen atoms in total. The molecular weight excluding hydrogens is 350 g/mol. The zero-order valence-corrected chi connectivity index (χ0v) is 14.9. The maximum Gasteiger partial charge on any atom is 0.315 e.